The van der Waals surface area contributed by atoms with Crippen LogP contribution in [0.2, 0.25) is 0 Å². The fraction of sp³-hybridized carbons (Fsp3) is 0.455. The summed E-state index contributed by atoms with van der Waals surface area (Å²) in [5, 5.41) is 9.01. The zero-order chi connectivity index (χ0) is 10.6. The van der Waals surface area contributed by atoms with Crippen molar-refractivity contribution in [3.8, 4) is 11.5 Å². The lowest BCUT2D eigenvalue weighted by Crippen LogP contribution is -2.06. The van der Waals surface area contributed by atoms with E-state index >= 15 is 0 Å². The molecule has 0 aromatic heterocycles. The largest absolute Gasteiger partial charge is 0.497 e. The lowest BCUT2D eigenvalue weighted by atomic mass is 10.2. The minimum Gasteiger partial charge on any atom is -0.497 e. The molecule has 0 radical (unpaired) electrons. The molecule has 0 unspecified atom stereocenters. The first kappa shape index (κ1) is 10.9. The van der Waals surface area contributed by atoms with E-state index in [1.807, 2.05) is 19.9 Å². The fourth-order valence-electron chi connectivity index (χ4n) is 1.18. The molecule has 0 bridgehead atoms. The molecule has 1 N–H and O–H groups in total. The van der Waals surface area contributed by atoms with Gasteiger partial charge in [-0.15, -0.1) is 0 Å². The molecule has 0 amide bonds. The summed E-state index contributed by atoms with van der Waals surface area (Å²) in [7, 11) is 1.59. The van der Waals surface area contributed by atoms with Crippen LogP contribution in [-0.4, -0.2) is 18.3 Å². The van der Waals surface area contributed by atoms with Crippen molar-refractivity contribution < 1.29 is 14.6 Å². The highest BCUT2D eigenvalue weighted by Gasteiger charge is 2.03. The van der Waals surface area contributed by atoms with Crippen LogP contribution in [0.25, 0.3) is 0 Å². The Balaban J connectivity index is 2.92. The Morgan fingerprint density at radius 1 is 1.21 bits per heavy atom. The van der Waals surface area contributed by atoms with Crippen molar-refractivity contribution in [3.63, 3.8) is 0 Å². The number of rotatable bonds is 4. The van der Waals surface area contributed by atoms with Crippen molar-refractivity contribution in [2.75, 3.05) is 7.11 Å². The number of ether oxygens (including phenoxy) is 2. The standard InChI is InChI=1S/C11H16O3/c1-8(2)14-11-5-9(7-12)4-10(6-11)13-3/h4-6,8,12H,7H2,1-3H3. The third kappa shape index (κ3) is 2.92. The summed E-state index contributed by atoms with van der Waals surface area (Å²) < 4.78 is 10.6. The Hall–Kier alpha value is -1.22. The Bertz CT molecular complexity index is 272. The molecule has 1 aromatic carbocycles. The highest BCUT2D eigenvalue weighted by molar-refractivity contribution is 5.38. The zero-order valence-electron chi connectivity index (χ0n) is 8.78. The van der Waals surface area contributed by atoms with E-state index in [0.29, 0.717) is 5.75 Å². The van der Waals surface area contributed by atoms with Crippen LogP contribution in [-0.2, 0) is 6.61 Å². The second-order valence-corrected chi connectivity index (χ2v) is 3.34. The molecule has 0 saturated carbocycles. The summed E-state index contributed by atoms with van der Waals surface area (Å²) in [5.41, 5.74) is 0.792. The van der Waals surface area contributed by atoms with Crippen molar-refractivity contribution in [1.82, 2.24) is 0 Å². The molecule has 1 rings (SSSR count). The first-order chi connectivity index (χ1) is 6.65. The normalized spacial score (nSPS) is 10.4. The van der Waals surface area contributed by atoms with E-state index in [4.69, 9.17) is 14.6 Å². The number of aliphatic hydroxyl groups is 1. The maximum Gasteiger partial charge on any atom is 0.123 e. The maximum absolute atomic E-state index is 9.01. The van der Waals surface area contributed by atoms with Gasteiger partial charge in [-0.2, -0.15) is 0 Å². The van der Waals surface area contributed by atoms with Gasteiger partial charge in [-0.25, -0.2) is 0 Å². The fourth-order valence-corrected chi connectivity index (χ4v) is 1.18. The third-order valence-corrected chi connectivity index (χ3v) is 1.73. The molecule has 0 aliphatic heterocycles. The predicted molar refractivity (Wildman–Crippen MR) is 54.7 cm³/mol. The minimum atomic E-state index is -0.00828. The summed E-state index contributed by atoms with van der Waals surface area (Å²) in [6.45, 7) is 3.90. The topological polar surface area (TPSA) is 38.7 Å². The number of hydrogen-bond donors (Lipinski definition) is 1. The van der Waals surface area contributed by atoms with E-state index in [1.165, 1.54) is 0 Å². The van der Waals surface area contributed by atoms with E-state index < -0.39 is 0 Å². The average Bonchev–Trinajstić information content (AvgIpc) is 2.16. The second kappa shape index (κ2) is 4.86. The number of methoxy groups -OCH3 is 1. The second-order valence-electron chi connectivity index (χ2n) is 3.34. The van der Waals surface area contributed by atoms with Crippen molar-refractivity contribution in [2.24, 2.45) is 0 Å². The average molecular weight is 196 g/mol. The van der Waals surface area contributed by atoms with Crippen LogP contribution in [0.15, 0.2) is 18.2 Å². The van der Waals surface area contributed by atoms with Crippen LogP contribution in [0, 0.1) is 0 Å². The lowest BCUT2D eigenvalue weighted by Gasteiger charge is -2.12. The highest BCUT2D eigenvalue weighted by atomic mass is 16.5. The number of benzene rings is 1. The Labute approximate surface area is 84.3 Å². The van der Waals surface area contributed by atoms with Gasteiger partial charge in [-0.3, -0.25) is 0 Å². The van der Waals surface area contributed by atoms with Gasteiger partial charge in [0, 0.05) is 6.07 Å². The van der Waals surface area contributed by atoms with E-state index in [0.717, 1.165) is 11.3 Å². The monoisotopic (exact) mass is 196 g/mol. The van der Waals surface area contributed by atoms with Gasteiger partial charge in [0.05, 0.1) is 19.8 Å². The lowest BCUT2D eigenvalue weighted by molar-refractivity contribution is 0.238. The van der Waals surface area contributed by atoms with Crippen LogP contribution < -0.4 is 9.47 Å². The third-order valence-electron chi connectivity index (χ3n) is 1.73. The Morgan fingerprint density at radius 3 is 2.36 bits per heavy atom. The Kier molecular flexibility index (Phi) is 3.77. The van der Waals surface area contributed by atoms with Gasteiger partial charge < -0.3 is 14.6 Å². The molecule has 0 atom stereocenters. The summed E-state index contributed by atoms with van der Waals surface area (Å²) in [5.74, 6) is 1.43. The molecule has 0 fully saturated rings. The Morgan fingerprint density at radius 2 is 1.86 bits per heavy atom. The molecule has 0 heterocycles. The van der Waals surface area contributed by atoms with Crippen LogP contribution in [0.1, 0.15) is 19.4 Å². The first-order valence-electron chi connectivity index (χ1n) is 4.61. The smallest absolute Gasteiger partial charge is 0.123 e. The van der Waals surface area contributed by atoms with Crippen molar-refractivity contribution in [2.45, 2.75) is 26.6 Å². The van der Waals surface area contributed by atoms with Crippen LogP contribution in [0.3, 0.4) is 0 Å². The van der Waals surface area contributed by atoms with Crippen molar-refractivity contribution >= 4 is 0 Å². The van der Waals surface area contributed by atoms with Gasteiger partial charge in [-0.05, 0) is 31.5 Å². The molecule has 1 aromatic rings. The SMILES string of the molecule is COc1cc(CO)cc(OC(C)C)c1. The highest BCUT2D eigenvalue weighted by Crippen LogP contribution is 2.23. The van der Waals surface area contributed by atoms with Crippen molar-refractivity contribution in [3.05, 3.63) is 23.8 Å². The van der Waals surface area contributed by atoms with Gasteiger partial charge in [0.25, 0.3) is 0 Å². The van der Waals surface area contributed by atoms with Gasteiger partial charge in [0.15, 0.2) is 0 Å². The summed E-state index contributed by atoms with van der Waals surface area (Å²) in [6.07, 6.45) is 0.119. The molecule has 78 valence electrons. The summed E-state index contributed by atoms with van der Waals surface area (Å²) in [4.78, 5) is 0. The van der Waals surface area contributed by atoms with Gasteiger partial charge in [0.1, 0.15) is 11.5 Å². The molecular weight excluding hydrogens is 180 g/mol. The molecule has 3 nitrogen and oxygen atoms in total. The maximum atomic E-state index is 9.01. The van der Waals surface area contributed by atoms with Crippen LogP contribution >= 0.6 is 0 Å². The van der Waals surface area contributed by atoms with E-state index in [2.05, 4.69) is 0 Å². The molecule has 0 saturated heterocycles. The quantitative estimate of drug-likeness (QED) is 0.800. The molecule has 14 heavy (non-hydrogen) atoms. The predicted octanol–water partition coefficient (Wildman–Crippen LogP) is 1.97. The number of hydrogen-bond acceptors (Lipinski definition) is 3. The van der Waals surface area contributed by atoms with E-state index in [9.17, 15) is 0 Å². The van der Waals surface area contributed by atoms with Crippen LogP contribution in [0.4, 0.5) is 0 Å². The van der Waals surface area contributed by atoms with Crippen molar-refractivity contribution in [1.29, 1.82) is 0 Å². The summed E-state index contributed by atoms with van der Waals surface area (Å²) >= 11 is 0. The first-order valence-corrected chi connectivity index (χ1v) is 4.61. The molecule has 0 aliphatic rings. The van der Waals surface area contributed by atoms with Gasteiger partial charge in [0.2, 0.25) is 0 Å². The van der Waals surface area contributed by atoms with E-state index in [1.54, 1.807) is 19.2 Å². The molecule has 0 aliphatic carbocycles. The summed E-state index contributed by atoms with van der Waals surface area (Å²) in [6, 6.07) is 5.40. The zero-order valence-corrected chi connectivity index (χ0v) is 8.78. The van der Waals surface area contributed by atoms with Gasteiger partial charge >= 0.3 is 0 Å². The van der Waals surface area contributed by atoms with Gasteiger partial charge in [-0.1, -0.05) is 0 Å². The van der Waals surface area contributed by atoms with E-state index in [-0.39, 0.29) is 12.7 Å². The molecule has 3 heteroatoms. The molecule has 0 spiro atoms. The van der Waals surface area contributed by atoms with Crippen LogP contribution in [0.5, 0.6) is 11.5 Å². The number of aliphatic hydroxyl groups excluding tert-OH is 1. The minimum absolute atomic E-state index is 0.00828. The molecular formula is C11H16O3.